The molecule has 0 saturated carbocycles. The molecule has 0 amide bonds. The van der Waals surface area contributed by atoms with E-state index in [1.807, 2.05) is 0 Å². The molecule has 0 fully saturated rings. The Bertz CT molecular complexity index is 202. The fourth-order valence-electron chi connectivity index (χ4n) is 1.26. The van der Waals surface area contributed by atoms with Crippen molar-refractivity contribution >= 4 is 5.97 Å². The predicted octanol–water partition coefficient (Wildman–Crippen LogP) is 1.16. The molecule has 15 heavy (non-hydrogen) atoms. The molecule has 0 heterocycles. The van der Waals surface area contributed by atoms with Crippen molar-refractivity contribution in [3.8, 4) is 0 Å². The Hall–Kier alpha value is -0.870. The van der Waals surface area contributed by atoms with Crippen molar-refractivity contribution < 1.29 is 15.0 Å². The van der Waals surface area contributed by atoms with Crippen LogP contribution in [0.25, 0.3) is 0 Å². The van der Waals surface area contributed by atoms with Crippen molar-refractivity contribution in [3.63, 3.8) is 0 Å². The van der Waals surface area contributed by atoms with Crippen LogP contribution in [0.1, 0.15) is 32.6 Å². The zero-order valence-electron chi connectivity index (χ0n) is 9.33. The number of aliphatic hydroxyl groups excluding tert-OH is 1. The van der Waals surface area contributed by atoms with Gasteiger partial charge in [-0.05, 0) is 26.3 Å². The molecule has 0 aromatic rings. The van der Waals surface area contributed by atoms with Gasteiger partial charge >= 0.3 is 5.97 Å². The molecule has 0 saturated heterocycles. The minimum Gasteiger partial charge on any atom is -0.478 e. The normalized spacial score (nSPS) is 11.7. The number of hydrogen-bond donors (Lipinski definition) is 3. The molecule has 88 valence electrons. The van der Waals surface area contributed by atoms with E-state index in [2.05, 4.69) is 5.32 Å². The van der Waals surface area contributed by atoms with Crippen molar-refractivity contribution in [1.82, 2.24) is 5.32 Å². The van der Waals surface area contributed by atoms with Crippen LogP contribution < -0.4 is 5.32 Å². The number of aliphatic carboxylic acids is 1. The molecule has 0 aliphatic rings. The van der Waals surface area contributed by atoms with Crippen LogP contribution in [-0.2, 0) is 4.79 Å². The van der Waals surface area contributed by atoms with Gasteiger partial charge in [-0.25, -0.2) is 4.79 Å². The Balaban J connectivity index is 3.27. The summed E-state index contributed by atoms with van der Waals surface area (Å²) >= 11 is 0. The number of aliphatic hydroxyl groups is 1. The van der Waals surface area contributed by atoms with Gasteiger partial charge in [0.1, 0.15) is 0 Å². The van der Waals surface area contributed by atoms with Gasteiger partial charge in [-0.15, -0.1) is 0 Å². The van der Waals surface area contributed by atoms with E-state index in [-0.39, 0.29) is 6.61 Å². The minimum absolute atomic E-state index is 0.272. The SMILES string of the molecule is CC(=CC(=O)O)CNCCCCCCO. The van der Waals surface area contributed by atoms with Crippen molar-refractivity contribution in [2.45, 2.75) is 32.6 Å². The second-order valence-corrected chi connectivity index (χ2v) is 3.64. The molecular formula is C11H21NO3. The number of carboxylic acids is 1. The summed E-state index contributed by atoms with van der Waals surface area (Å²) in [7, 11) is 0. The summed E-state index contributed by atoms with van der Waals surface area (Å²) in [5.41, 5.74) is 0.831. The van der Waals surface area contributed by atoms with Crippen LogP contribution in [0.15, 0.2) is 11.6 Å². The van der Waals surface area contributed by atoms with Gasteiger partial charge in [-0.1, -0.05) is 18.4 Å². The molecular weight excluding hydrogens is 194 g/mol. The van der Waals surface area contributed by atoms with E-state index in [9.17, 15) is 4.79 Å². The van der Waals surface area contributed by atoms with Gasteiger partial charge in [-0.3, -0.25) is 0 Å². The van der Waals surface area contributed by atoms with Crippen LogP contribution in [0.5, 0.6) is 0 Å². The average Bonchev–Trinajstić information content (AvgIpc) is 2.15. The molecule has 4 nitrogen and oxygen atoms in total. The highest BCUT2D eigenvalue weighted by atomic mass is 16.4. The molecule has 0 aromatic heterocycles. The van der Waals surface area contributed by atoms with E-state index in [0.717, 1.165) is 37.8 Å². The highest BCUT2D eigenvalue weighted by Gasteiger charge is 1.94. The smallest absolute Gasteiger partial charge is 0.328 e. The maximum absolute atomic E-state index is 10.3. The number of carboxylic acid groups (broad SMARTS) is 1. The van der Waals surface area contributed by atoms with E-state index in [0.29, 0.717) is 6.54 Å². The van der Waals surface area contributed by atoms with Gasteiger partial charge in [0.2, 0.25) is 0 Å². The quantitative estimate of drug-likeness (QED) is 0.399. The molecule has 0 rings (SSSR count). The third-order valence-corrected chi connectivity index (χ3v) is 2.04. The summed E-state index contributed by atoms with van der Waals surface area (Å²) in [6.45, 7) is 3.60. The summed E-state index contributed by atoms with van der Waals surface area (Å²) in [6.07, 6.45) is 5.33. The van der Waals surface area contributed by atoms with Crippen LogP contribution >= 0.6 is 0 Å². The molecule has 0 spiro atoms. The number of hydrogen-bond acceptors (Lipinski definition) is 3. The first-order valence-electron chi connectivity index (χ1n) is 5.38. The lowest BCUT2D eigenvalue weighted by atomic mass is 10.2. The van der Waals surface area contributed by atoms with Crippen molar-refractivity contribution in [2.75, 3.05) is 19.7 Å². The summed E-state index contributed by atoms with van der Waals surface area (Å²) in [4.78, 5) is 10.3. The van der Waals surface area contributed by atoms with Gasteiger partial charge in [0.15, 0.2) is 0 Å². The predicted molar refractivity (Wildman–Crippen MR) is 59.8 cm³/mol. The molecule has 0 aromatic carbocycles. The fourth-order valence-corrected chi connectivity index (χ4v) is 1.26. The van der Waals surface area contributed by atoms with Crippen LogP contribution in [0.3, 0.4) is 0 Å². The largest absolute Gasteiger partial charge is 0.478 e. The maximum Gasteiger partial charge on any atom is 0.328 e. The molecule has 0 atom stereocenters. The lowest BCUT2D eigenvalue weighted by Crippen LogP contribution is -2.18. The Morgan fingerprint density at radius 2 is 1.93 bits per heavy atom. The first-order valence-corrected chi connectivity index (χ1v) is 5.38. The Kier molecular flexibility index (Phi) is 9.11. The second-order valence-electron chi connectivity index (χ2n) is 3.64. The molecule has 0 bridgehead atoms. The Labute approximate surface area is 91.0 Å². The standard InChI is InChI=1S/C11H21NO3/c1-10(8-11(14)15)9-12-6-4-2-3-5-7-13/h8,12-13H,2-7,9H2,1H3,(H,14,15). The van der Waals surface area contributed by atoms with E-state index >= 15 is 0 Å². The summed E-state index contributed by atoms with van der Waals surface area (Å²) in [5, 5.41) is 20.2. The third kappa shape index (κ3) is 11.1. The number of nitrogens with one attached hydrogen (secondary N) is 1. The maximum atomic E-state index is 10.3. The van der Waals surface area contributed by atoms with Crippen LogP contribution in [-0.4, -0.2) is 35.9 Å². The first-order chi connectivity index (χ1) is 7.16. The van der Waals surface area contributed by atoms with Crippen LogP contribution in [0, 0.1) is 0 Å². The number of unbranched alkanes of at least 4 members (excludes halogenated alkanes) is 3. The van der Waals surface area contributed by atoms with Crippen molar-refractivity contribution in [2.24, 2.45) is 0 Å². The van der Waals surface area contributed by atoms with Crippen LogP contribution in [0.4, 0.5) is 0 Å². The van der Waals surface area contributed by atoms with Crippen LogP contribution in [0.2, 0.25) is 0 Å². The van der Waals surface area contributed by atoms with E-state index in [1.165, 1.54) is 6.08 Å². The zero-order valence-corrected chi connectivity index (χ0v) is 9.33. The highest BCUT2D eigenvalue weighted by Crippen LogP contribution is 1.98. The molecule has 4 heteroatoms. The van der Waals surface area contributed by atoms with Gasteiger partial charge < -0.3 is 15.5 Å². The lowest BCUT2D eigenvalue weighted by molar-refractivity contribution is -0.131. The molecule has 0 aliphatic carbocycles. The third-order valence-electron chi connectivity index (χ3n) is 2.04. The fraction of sp³-hybridized carbons (Fsp3) is 0.727. The summed E-state index contributed by atoms with van der Waals surface area (Å²) in [5.74, 6) is -0.891. The van der Waals surface area contributed by atoms with Crippen molar-refractivity contribution in [3.05, 3.63) is 11.6 Å². The van der Waals surface area contributed by atoms with E-state index in [1.54, 1.807) is 6.92 Å². The first kappa shape index (κ1) is 14.1. The monoisotopic (exact) mass is 215 g/mol. The van der Waals surface area contributed by atoms with E-state index in [4.69, 9.17) is 10.2 Å². The zero-order chi connectivity index (χ0) is 11.5. The summed E-state index contributed by atoms with van der Waals surface area (Å²) in [6, 6.07) is 0. The van der Waals surface area contributed by atoms with Gasteiger partial charge in [0, 0.05) is 19.2 Å². The summed E-state index contributed by atoms with van der Waals surface area (Å²) < 4.78 is 0. The highest BCUT2D eigenvalue weighted by molar-refractivity contribution is 5.80. The minimum atomic E-state index is -0.891. The molecule has 3 N–H and O–H groups in total. The molecule has 0 aliphatic heterocycles. The Morgan fingerprint density at radius 1 is 1.27 bits per heavy atom. The lowest BCUT2D eigenvalue weighted by Gasteiger charge is -2.04. The molecule has 0 unspecified atom stereocenters. The number of rotatable bonds is 9. The molecule has 0 radical (unpaired) electrons. The van der Waals surface area contributed by atoms with Gasteiger partial charge in [0.25, 0.3) is 0 Å². The van der Waals surface area contributed by atoms with Crippen molar-refractivity contribution in [1.29, 1.82) is 0 Å². The van der Waals surface area contributed by atoms with Gasteiger partial charge in [0.05, 0.1) is 0 Å². The average molecular weight is 215 g/mol. The topological polar surface area (TPSA) is 69.6 Å². The number of carbonyl (C=O) groups is 1. The van der Waals surface area contributed by atoms with E-state index < -0.39 is 5.97 Å². The Morgan fingerprint density at radius 3 is 2.53 bits per heavy atom. The van der Waals surface area contributed by atoms with Gasteiger partial charge in [-0.2, -0.15) is 0 Å². The second kappa shape index (κ2) is 9.68.